The highest BCUT2D eigenvalue weighted by Crippen LogP contribution is 2.20. The maximum Gasteiger partial charge on any atom is 0.191 e. The maximum absolute atomic E-state index is 5.91. The number of aryl methyl sites for hydroxylation is 1. The van der Waals surface area contributed by atoms with E-state index in [2.05, 4.69) is 76.8 Å². The van der Waals surface area contributed by atoms with E-state index in [-0.39, 0.29) is 24.0 Å². The molecule has 0 saturated carbocycles. The summed E-state index contributed by atoms with van der Waals surface area (Å²) in [6.07, 6.45) is 0.994. The highest BCUT2D eigenvalue weighted by atomic mass is 127. The molecule has 2 N–H and O–H groups in total. The van der Waals surface area contributed by atoms with Crippen LogP contribution in [0.2, 0.25) is 0 Å². The monoisotopic (exact) mass is 538 g/mol. The Morgan fingerprint density at radius 3 is 2.45 bits per heavy atom. The van der Waals surface area contributed by atoms with Crippen molar-refractivity contribution >= 4 is 35.6 Å². The largest absolute Gasteiger partial charge is 0.493 e. The van der Waals surface area contributed by atoms with Gasteiger partial charge in [-0.25, -0.2) is 0 Å². The third-order valence-corrected chi connectivity index (χ3v) is 5.13. The Balaban J connectivity index is 0.00000341. The smallest absolute Gasteiger partial charge is 0.191 e. The van der Waals surface area contributed by atoms with E-state index in [1.165, 1.54) is 16.8 Å². The number of halogens is 1. The molecule has 0 aliphatic carbocycles. The Morgan fingerprint density at radius 2 is 1.77 bits per heavy atom. The summed E-state index contributed by atoms with van der Waals surface area (Å²) in [5.74, 6) is 1.72. The molecule has 0 spiro atoms. The highest BCUT2D eigenvalue weighted by Gasteiger charge is 2.11. The lowest BCUT2D eigenvalue weighted by molar-refractivity contribution is 0.122. The molecule has 2 aromatic carbocycles. The first-order valence-corrected chi connectivity index (χ1v) is 10.8. The zero-order chi connectivity index (χ0) is 21.2. The second kappa shape index (κ2) is 13.4. The van der Waals surface area contributed by atoms with Gasteiger partial charge in [0.1, 0.15) is 5.75 Å². The molecule has 2 aromatic rings. The number of ether oxygens (including phenoxy) is 2. The van der Waals surface area contributed by atoms with E-state index in [9.17, 15) is 0 Å². The lowest BCUT2D eigenvalue weighted by atomic mass is 10.1. The highest BCUT2D eigenvalue weighted by molar-refractivity contribution is 14.0. The SMILES string of the molecule is CCCOc1cc(C)ccc1CNC(=NC)NCc1ccc(N2CCOCC2)cc1.I. The first-order chi connectivity index (χ1) is 14.7. The van der Waals surface area contributed by atoms with Gasteiger partial charge >= 0.3 is 0 Å². The summed E-state index contributed by atoms with van der Waals surface area (Å²) in [4.78, 5) is 6.71. The molecular weight excluding hydrogens is 503 g/mol. The van der Waals surface area contributed by atoms with Crippen LogP contribution < -0.4 is 20.3 Å². The average molecular weight is 538 g/mol. The number of aliphatic imine (C=N–C) groups is 1. The minimum Gasteiger partial charge on any atom is -0.493 e. The van der Waals surface area contributed by atoms with E-state index in [1.54, 1.807) is 7.05 Å². The number of nitrogens with zero attached hydrogens (tertiary/aromatic N) is 2. The quantitative estimate of drug-likeness (QED) is 0.301. The van der Waals surface area contributed by atoms with Crippen LogP contribution >= 0.6 is 24.0 Å². The summed E-state index contributed by atoms with van der Waals surface area (Å²) < 4.78 is 11.3. The number of hydrogen-bond acceptors (Lipinski definition) is 4. The second-order valence-corrected chi connectivity index (χ2v) is 7.50. The fraction of sp³-hybridized carbons (Fsp3) is 0.458. The first-order valence-electron chi connectivity index (χ1n) is 10.8. The number of morpholine rings is 1. The third kappa shape index (κ3) is 7.88. The number of nitrogens with one attached hydrogen (secondary N) is 2. The lowest BCUT2D eigenvalue weighted by Gasteiger charge is -2.28. The average Bonchev–Trinajstić information content (AvgIpc) is 2.79. The molecule has 170 valence electrons. The van der Waals surface area contributed by atoms with Crippen molar-refractivity contribution in [1.29, 1.82) is 0 Å². The number of rotatable bonds is 8. The molecule has 6 nitrogen and oxygen atoms in total. The van der Waals surface area contributed by atoms with Crippen molar-refractivity contribution in [3.05, 3.63) is 59.2 Å². The number of anilines is 1. The van der Waals surface area contributed by atoms with Crippen LogP contribution in [0.5, 0.6) is 5.75 Å². The lowest BCUT2D eigenvalue weighted by Crippen LogP contribution is -2.36. The second-order valence-electron chi connectivity index (χ2n) is 7.50. The van der Waals surface area contributed by atoms with Crippen molar-refractivity contribution in [3.8, 4) is 5.75 Å². The van der Waals surface area contributed by atoms with Gasteiger partial charge in [-0.15, -0.1) is 24.0 Å². The fourth-order valence-corrected chi connectivity index (χ4v) is 3.39. The van der Waals surface area contributed by atoms with Crippen LogP contribution in [0.25, 0.3) is 0 Å². The minimum absolute atomic E-state index is 0. The van der Waals surface area contributed by atoms with Gasteiger partial charge in [-0.2, -0.15) is 0 Å². The third-order valence-electron chi connectivity index (χ3n) is 5.13. The van der Waals surface area contributed by atoms with Crippen molar-refractivity contribution in [1.82, 2.24) is 10.6 Å². The van der Waals surface area contributed by atoms with Gasteiger partial charge in [0.2, 0.25) is 0 Å². The van der Waals surface area contributed by atoms with Crippen molar-refractivity contribution < 1.29 is 9.47 Å². The van der Waals surface area contributed by atoms with Gasteiger partial charge in [0, 0.05) is 44.5 Å². The van der Waals surface area contributed by atoms with Crippen molar-refractivity contribution in [2.24, 2.45) is 4.99 Å². The van der Waals surface area contributed by atoms with E-state index in [0.717, 1.165) is 63.1 Å². The number of benzene rings is 2. The van der Waals surface area contributed by atoms with E-state index in [1.807, 2.05) is 0 Å². The minimum atomic E-state index is 0. The first kappa shape index (κ1) is 25.3. The summed E-state index contributed by atoms with van der Waals surface area (Å²) >= 11 is 0. The molecule has 1 fully saturated rings. The molecule has 0 unspecified atom stereocenters. The van der Waals surface area contributed by atoms with Crippen molar-refractivity contribution in [3.63, 3.8) is 0 Å². The fourth-order valence-electron chi connectivity index (χ4n) is 3.39. The van der Waals surface area contributed by atoms with Gasteiger partial charge in [-0.05, 0) is 42.7 Å². The Labute approximate surface area is 203 Å². The van der Waals surface area contributed by atoms with E-state index in [4.69, 9.17) is 9.47 Å². The van der Waals surface area contributed by atoms with Crippen LogP contribution in [0, 0.1) is 6.92 Å². The van der Waals surface area contributed by atoms with Gasteiger partial charge in [0.25, 0.3) is 0 Å². The zero-order valence-corrected chi connectivity index (χ0v) is 21.1. The van der Waals surface area contributed by atoms with Gasteiger partial charge in [-0.3, -0.25) is 4.99 Å². The summed E-state index contributed by atoms with van der Waals surface area (Å²) in [5.41, 5.74) is 4.81. The van der Waals surface area contributed by atoms with Gasteiger partial charge in [-0.1, -0.05) is 31.2 Å². The molecule has 1 heterocycles. The van der Waals surface area contributed by atoms with Crippen LogP contribution in [-0.4, -0.2) is 45.9 Å². The van der Waals surface area contributed by atoms with Crippen LogP contribution in [0.3, 0.4) is 0 Å². The topological polar surface area (TPSA) is 58.1 Å². The standard InChI is InChI=1S/C24H34N4O2.HI/c1-4-13-30-23-16-19(2)5-8-21(23)18-27-24(25-3)26-17-20-6-9-22(10-7-20)28-11-14-29-15-12-28;/h5-10,16H,4,11-15,17-18H2,1-3H3,(H2,25,26,27);1H. The maximum atomic E-state index is 5.91. The van der Waals surface area contributed by atoms with Crippen molar-refractivity contribution in [2.45, 2.75) is 33.4 Å². The van der Waals surface area contributed by atoms with Gasteiger partial charge < -0.3 is 25.0 Å². The van der Waals surface area contributed by atoms with Crippen LogP contribution in [0.15, 0.2) is 47.5 Å². The molecule has 3 rings (SSSR count). The van der Waals surface area contributed by atoms with Crippen LogP contribution in [0.4, 0.5) is 5.69 Å². The number of guanidine groups is 1. The van der Waals surface area contributed by atoms with E-state index < -0.39 is 0 Å². The molecule has 1 aliphatic rings. The predicted octanol–water partition coefficient (Wildman–Crippen LogP) is 4.10. The molecule has 0 radical (unpaired) electrons. The molecule has 1 saturated heterocycles. The molecule has 7 heteroatoms. The Kier molecular flexibility index (Phi) is 10.9. The van der Waals surface area contributed by atoms with Crippen molar-refractivity contribution in [2.75, 3.05) is 44.9 Å². The summed E-state index contributed by atoms with van der Waals surface area (Å²) in [6.45, 7) is 9.83. The Hall–Kier alpha value is -2.00. The predicted molar refractivity (Wildman–Crippen MR) is 139 cm³/mol. The van der Waals surface area contributed by atoms with Crippen LogP contribution in [0.1, 0.15) is 30.0 Å². The number of hydrogen-bond donors (Lipinski definition) is 2. The Bertz CT molecular complexity index is 821. The zero-order valence-electron chi connectivity index (χ0n) is 18.8. The molecular formula is C24H35IN4O2. The van der Waals surface area contributed by atoms with Crippen LogP contribution in [-0.2, 0) is 17.8 Å². The molecule has 1 aliphatic heterocycles. The normalized spacial score (nSPS) is 14.0. The molecule has 0 bridgehead atoms. The molecule has 0 atom stereocenters. The Morgan fingerprint density at radius 1 is 1.06 bits per heavy atom. The van der Waals surface area contributed by atoms with Gasteiger partial charge in [0.05, 0.1) is 19.8 Å². The molecule has 31 heavy (non-hydrogen) atoms. The van der Waals surface area contributed by atoms with E-state index >= 15 is 0 Å². The molecule has 0 aromatic heterocycles. The molecule has 0 amide bonds. The summed E-state index contributed by atoms with van der Waals surface area (Å²) in [7, 11) is 1.79. The summed E-state index contributed by atoms with van der Waals surface area (Å²) in [6, 6.07) is 15.0. The summed E-state index contributed by atoms with van der Waals surface area (Å²) in [5, 5.41) is 6.79. The van der Waals surface area contributed by atoms with E-state index in [0.29, 0.717) is 6.54 Å². The van der Waals surface area contributed by atoms with Gasteiger partial charge in [0.15, 0.2) is 5.96 Å².